The van der Waals surface area contributed by atoms with E-state index in [9.17, 15) is 9.59 Å². The van der Waals surface area contributed by atoms with Gasteiger partial charge < -0.3 is 10.4 Å². The first-order chi connectivity index (χ1) is 8.31. The van der Waals surface area contributed by atoms with Crippen molar-refractivity contribution in [3.8, 4) is 0 Å². The zero-order valence-corrected chi connectivity index (χ0v) is 11.0. The van der Waals surface area contributed by atoms with Crippen LogP contribution in [-0.4, -0.2) is 23.5 Å². The highest BCUT2D eigenvalue weighted by molar-refractivity contribution is 5.93. The molecule has 0 saturated heterocycles. The molecule has 0 heterocycles. The van der Waals surface area contributed by atoms with Gasteiger partial charge in [-0.1, -0.05) is 43.7 Å². The van der Waals surface area contributed by atoms with Crippen molar-refractivity contribution >= 4 is 11.9 Å². The van der Waals surface area contributed by atoms with Crippen LogP contribution in [-0.2, 0) is 15.0 Å². The normalized spacial score (nSPS) is 11.1. The predicted octanol–water partition coefficient (Wildman–Crippen LogP) is 1.86. The molecular formula is C14H19NO3. The van der Waals surface area contributed by atoms with Crippen LogP contribution in [0.25, 0.3) is 0 Å². The smallest absolute Gasteiger partial charge is 0.312 e. The van der Waals surface area contributed by atoms with Crippen LogP contribution in [0.15, 0.2) is 24.3 Å². The van der Waals surface area contributed by atoms with E-state index in [0.29, 0.717) is 6.54 Å². The van der Waals surface area contributed by atoms with Gasteiger partial charge in [0.15, 0.2) is 0 Å². The fraction of sp³-hybridized carbons (Fsp3) is 0.429. The molecular weight excluding hydrogens is 230 g/mol. The third-order valence-electron chi connectivity index (χ3n) is 2.84. The summed E-state index contributed by atoms with van der Waals surface area (Å²) in [6.45, 7) is 6.47. The van der Waals surface area contributed by atoms with Crippen molar-refractivity contribution in [2.75, 3.05) is 6.54 Å². The van der Waals surface area contributed by atoms with Crippen molar-refractivity contribution in [1.82, 2.24) is 5.32 Å². The maximum Gasteiger partial charge on any atom is 0.312 e. The Balaban J connectivity index is 2.65. The predicted molar refractivity (Wildman–Crippen MR) is 69.5 cm³/mol. The summed E-state index contributed by atoms with van der Waals surface area (Å²) in [5.74, 6) is -1.57. The summed E-state index contributed by atoms with van der Waals surface area (Å²) in [6.07, 6.45) is -0.482. The standard InChI is InChI=1S/C14H19NO3/c1-10-5-4-6-11(7-10)14(2,3)9-15-12(16)8-13(17)18/h4-7H,8-9H2,1-3H3,(H,15,16)(H,17,18). The van der Waals surface area contributed by atoms with Crippen molar-refractivity contribution in [3.05, 3.63) is 35.4 Å². The summed E-state index contributed by atoms with van der Waals surface area (Å²) in [4.78, 5) is 21.7. The Labute approximate surface area is 107 Å². The monoisotopic (exact) mass is 249 g/mol. The molecule has 1 aromatic rings. The Morgan fingerprint density at radius 3 is 2.56 bits per heavy atom. The van der Waals surface area contributed by atoms with E-state index in [2.05, 4.69) is 11.4 Å². The van der Waals surface area contributed by atoms with Gasteiger partial charge in [-0.15, -0.1) is 0 Å². The molecule has 2 N–H and O–H groups in total. The molecule has 0 bridgehead atoms. The van der Waals surface area contributed by atoms with Crippen molar-refractivity contribution < 1.29 is 14.7 Å². The lowest BCUT2D eigenvalue weighted by Gasteiger charge is -2.26. The summed E-state index contributed by atoms with van der Waals surface area (Å²) in [5, 5.41) is 11.2. The van der Waals surface area contributed by atoms with E-state index in [0.717, 1.165) is 11.1 Å². The summed E-state index contributed by atoms with van der Waals surface area (Å²) in [6, 6.07) is 8.08. The number of amides is 1. The molecule has 0 aromatic heterocycles. The lowest BCUT2D eigenvalue weighted by Crippen LogP contribution is -2.37. The van der Waals surface area contributed by atoms with Crippen molar-refractivity contribution in [2.45, 2.75) is 32.6 Å². The Morgan fingerprint density at radius 2 is 2.00 bits per heavy atom. The van der Waals surface area contributed by atoms with Gasteiger partial charge in [0, 0.05) is 12.0 Å². The van der Waals surface area contributed by atoms with Gasteiger partial charge in [-0.25, -0.2) is 0 Å². The molecule has 98 valence electrons. The van der Waals surface area contributed by atoms with E-state index in [1.54, 1.807) is 0 Å². The van der Waals surface area contributed by atoms with E-state index in [4.69, 9.17) is 5.11 Å². The van der Waals surface area contributed by atoms with Crippen LogP contribution in [0.5, 0.6) is 0 Å². The molecule has 4 heteroatoms. The molecule has 0 aliphatic heterocycles. The fourth-order valence-electron chi connectivity index (χ4n) is 1.69. The molecule has 0 fully saturated rings. The van der Waals surface area contributed by atoms with E-state index in [1.807, 2.05) is 39.0 Å². The number of hydrogen-bond acceptors (Lipinski definition) is 2. The number of carboxylic acid groups (broad SMARTS) is 1. The van der Waals surface area contributed by atoms with Gasteiger partial charge in [-0.05, 0) is 12.5 Å². The van der Waals surface area contributed by atoms with Crippen LogP contribution < -0.4 is 5.32 Å². The first-order valence-electron chi connectivity index (χ1n) is 5.87. The summed E-state index contributed by atoms with van der Waals surface area (Å²) >= 11 is 0. The lowest BCUT2D eigenvalue weighted by atomic mass is 9.84. The minimum Gasteiger partial charge on any atom is -0.481 e. The molecule has 0 saturated carbocycles. The maximum absolute atomic E-state index is 11.3. The van der Waals surface area contributed by atoms with E-state index < -0.39 is 18.3 Å². The largest absolute Gasteiger partial charge is 0.481 e. The molecule has 0 unspecified atom stereocenters. The molecule has 0 spiro atoms. The zero-order valence-electron chi connectivity index (χ0n) is 11.0. The lowest BCUT2D eigenvalue weighted by molar-refractivity contribution is -0.140. The first kappa shape index (κ1) is 14.2. The summed E-state index contributed by atoms with van der Waals surface area (Å²) in [5.41, 5.74) is 2.07. The van der Waals surface area contributed by atoms with Gasteiger partial charge >= 0.3 is 5.97 Å². The molecule has 1 amide bonds. The fourth-order valence-corrected chi connectivity index (χ4v) is 1.69. The number of benzene rings is 1. The maximum atomic E-state index is 11.3. The Morgan fingerprint density at radius 1 is 1.33 bits per heavy atom. The molecule has 18 heavy (non-hydrogen) atoms. The van der Waals surface area contributed by atoms with Crippen LogP contribution in [0.1, 0.15) is 31.4 Å². The third kappa shape index (κ3) is 4.20. The molecule has 1 aromatic carbocycles. The van der Waals surface area contributed by atoms with E-state index >= 15 is 0 Å². The van der Waals surface area contributed by atoms with Gasteiger partial charge in [0.2, 0.25) is 5.91 Å². The molecule has 0 radical (unpaired) electrons. The van der Waals surface area contributed by atoms with Crippen LogP contribution in [0.4, 0.5) is 0 Å². The number of carbonyl (C=O) groups is 2. The second-order valence-corrected chi connectivity index (χ2v) is 5.10. The van der Waals surface area contributed by atoms with Crippen molar-refractivity contribution in [3.63, 3.8) is 0 Å². The van der Waals surface area contributed by atoms with Gasteiger partial charge in [0.25, 0.3) is 0 Å². The Bertz CT molecular complexity index is 452. The molecule has 0 aliphatic rings. The third-order valence-corrected chi connectivity index (χ3v) is 2.84. The SMILES string of the molecule is Cc1cccc(C(C)(C)CNC(=O)CC(=O)O)c1. The van der Waals surface area contributed by atoms with Crippen LogP contribution in [0.3, 0.4) is 0 Å². The van der Waals surface area contributed by atoms with Crippen molar-refractivity contribution in [2.24, 2.45) is 0 Å². The van der Waals surface area contributed by atoms with E-state index in [1.165, 1.54) is 0 Å². The summed E-state index contributed by atoms with van der Waals surface area (Å²) in [7, 11) is 0. The Hall–Kier alpha value is -1.84. The minimum absolute atomic E-state index is 0.222. The number of carboxylic acids is 1. The van der Waals surface area contributed by atoms with Gasteiger partial charge in [0.1, 0.15) is 6.42 Å². The first-order valence-corrected chi connectivity index (χ1v) is 5.87. The average molecular weight is 249 g/mol. The number of hydrogen-bond donors (Lipinski definition) is 2. The van der Waals surface area contributed by atoms with Crippen LogP contribution in [0, 0.1) is 6.92 Å². The molecule has 1 rings (SSSR count). The highest BCUT2D eigenvalue weighted by Gasteiger charge is 2.21. The number of nitrogens with one attached hydrogen (secondary N) is 1. The highest BCUT2D eigenvalue weighted by atomic mass is 16.4. The second kappa shape index (κ2) is 5.67. The number of aliphatic carboxylic acids is 1. The number of carbonyl (C=O) groups excluding carboxylic acids is 1. The molecule has 0 aliphatic carbocycles. The second-order valence-electron chi connectivity index (χ2n) is 5.10. The minimum atomic E-state index is -1.11. The Kier molecular flexibility index (Phi) is 4.48. The summed E-state index contributed by atoms with van der Waals surface area (Å²) < 4.78 is 0. The average Bonchev–Trinajstić information content (AvgIpc) is 2.26. The van der Waals surface area contributed by atoms with Gasteiger partial charge in [0.05, 0.1) is 0 Å². The van der Waals surface area contributed by atoms with Crippen LogP contribution >= 0.6 is 0 Å². The van der Waals surface area contributed by atoms with Crippen LogP contribution in [0.2, 0.25) is 0 Å². The van der Waals surface area contributed by atoms with Gasteiger partial charge in [-0.2, -0.15) is 0 Å². The molecule has 0 atom stereocenters. The topological polar surface area (TPSA) is 66.4 Å². The van der Waals surface area contributed by atoms with Crippen molar-refractivity contribution in [1.29, 1.82) is 0 Å². The highest BCUT2D eigenvalue weighted by Crippen LogP contribution is 2.22. The number of rotatable bonds is 5. The van der Waals surface area contributed by atoms with E-state index in [-0.39, 0.29) is 5.41 Å². The van der Waals surface area contributed by atoms with Gasteiger partial charge in [-0.3, -0.25) is 9.59 Å². The zero-order chi connectivity index (χ0) is 13.8. The molecule has 4 nitrogen and oxygen atoms in total. The quantitative estimate of drug-likeness (QED) is 0.783. The number of aryl methyl sites for hydroxylation is 1.